The van der Waals surface area contributed by atoms with E-state index < -0.39 is 5.79 Å². The Morgan fingerprint density at radius 3 is 2.17 bits per heavy atom. The van der Waals surface area contributed by atoms with Gasteiger partial charge in [0.1, 0.15) is 24.8 Å². The van der Waals surface area contributed by atoms with Gasteiger partial charge < -0.3 is 24.0 Å². The van der Waals surface area contributed by atoms with Gasteiger partial charge in [0.15, 0.2) is 0 Å². The predicted molar refractivity (Wildman–Crippen MR) is 180 cm³/mol. The van der Waals surface area contributed by atoms with Gasteiger partial charge in [0.2, 0.25) is 5.79 Å². The van der Waals surface area contributed by atoms with E-state index in [2.05, 4.69) is 51.2 Å². The third-order valence-electron chi connectivity index (χ3n) is 9.11. The Morgan fingerprint density at radius 2 is 1.53 bits per heavy atom. The molecule has 0 unspecified atom stereocenters. The summed E-state index contributed by atoms with van der Waals surface area (Å²) < 4.78 is 23.9. The van der Waals surface area contributed by atoms with Crippen LogP contribution in [0.25, 0.3) is 5.69 Å². The Hall–Kier alpha value is -4.87. The van der Waals surface area contributed by atoms with E-state index in [1.54, 1.807) is 21.8 Å². The maximum atomic E-state index is 12.8. The first-order valence-corrected chi connectivity index (χ1v) is 16.4. The molecule has 7 rings (SSSR count). The van der Waals surface area contributed by atoms with Crippen LogP contribution < -0.4 is 20.2 Å². The number of aromatic nitrogens is 5. The zero-order valence-electron chi connectivity index (χ0n) is 26.9. The van der Waals surface area contributed by atoms with Crippen LogP contribution in [0.3, 0.4) is 0 Å². The van der Waals surface area contributed by atoms with Crippen LogP contribution in [0.15, 0.2) is 108 Å². The van der Waals surface area contributed by atoms with Crippen molar-refractivity contribution < 1.29 is 14.2 Å². The van der Waals surface area contributed by atoms with Crippen molar-refractivity contribution in [2.75, 3.05) is 49.2 Å². The highest BCUT2D eigenvalue weighted by molar-refractivity contribution is 5.54. The molecule has 0 saturated carbocycles. The molecule has 2 aliphatic rings. The number of anilines is 2. The molecule has 3 atom stereocenters. The molecular formula is C36H41N7O4. The topological polar surface area (TPSA) is 91.8 Å². The molecule has 2 aliphatic heterocycles. The molecule has 244 valence electrons. The van der Waals surface area contributed by atoms with Gasteiger partial charge in [-0.25, -0.2) is 14.0 Å². The third-order valence-corrected chi connectivity index (χ3v) is 9.11. The molecule has 2 aromatic heterocycles. The molecule has 2 fully saturated rings. The van der Waals surface area contributed by atoms with Crippen LogP contribution in [0.2, 0.25) is 0 Å². The Balaban J connectivity index is 0.913. The van der Waals surface area contributed by atoms with Crippen molar-refractivity contribution in [1.82, 2.24) is 24.1 Å². The standard InChI is InChI=1S/C36H41N7O4/c1-3-28(2)43-35(44)42(27-38-43)32-12-10-30(11-13-32)39-20-22-40(23-21-39)31-14-16-33(17-15-31)45-24-34-25-46-36(47-34,26-41-19-7-18-37-41)29-8-5-4-6-9-29/h4-19,27-28,34H,3,20-26H2,1-2H3/t28-,34+,36+/m1/s1. The lowest BCUT2D eigenvalue weighted by Gasteiger charge is -2.37. The van der Waals surface area contributed by atoms with Crippen LogP contribution >= 0.6 is 0 Å². The van der Waals surface area contributed by atoms with Gasteiger partial charge in [-0.3, -0.25) is 4.68 Å². The van der Waals surface area contributed by atoms with Gasteiger partial charge >= 0.3 is 5.69 Å². The Morgan fingerprint density at radius 1 is 0.872 bits per heavy atom. The summed E-state index contributed by atoms with van der Waals surface area (Å²) in [5.41, 5.74) is 4.00. The number of hydrogen-bond donors (Lipinski definition) is 0. The first-order chi connectivity index (χ1) is 23.0. The minimum Gasteiger partial charge on any atom is -0.491 e. The number of benzene rings is 3. The summed E-state index contributed by atoms with van der Waals surface area (Å²) in [4.78, 5) is 17.6. The summed E-state index contributed by atoms with van der Waals surface area (Å²) in [6.07, 6.45) is 5.92. The number of rotatable bonds is 11. The molecule has 0 spiro atoms. The maximum absolute atomic E-state index is 12.8. The molecule has 0 amide bonds. The molecular weight excluding hydrogens is 594 g/mol. The summed E-state index contributed by atoms with van der Waals surface area (Å²) in [7, 11) is 0. The van der Waals surface area contributed by atoms with E-state index in [1.807, 2.05) is 78.5 Å². The van der Waals surface area contributed by atoms with Crippen LogP contribution in [0.1, 0.15) is 31.9 Å². The smallest absolute Gasteiger partial charge is 0.350 e. The number of hydrogen-bond acceptors (Lipinski definition) is 8. The summed E-state index contributed by atoms with van der Waals surface area (Å²) in [5.74, 6) is -0.110. The lowest BCUT2D eigenvalue weighted by molar-refractivity contribution is -0.190. The van der Waals surface area contributed by atoms with Crippen molar-refractivity contribution in [3.8, 4) is 11.4 Å². The monoisotopic (exact) mass is 635 g/mol. The second-order valence-electron chi connectivity index (χ2n) is 12.2. The average Bonchev–Trinajstić information content (AvgIpc) is 3.89. The SMILES string of the molecule is CC[C@@H](C)n1ncn(-c2ccc(N3CCN(c4ccc(OC[C@H]5CO[C@](Cn6cccn6)(c6ccccc6)O5)cc4)CC3)cc2)c1=O. The van der Waals surface area contributed by atoms with Gasteiger partial charge in [0.05, 0.1) is 24.9 Å². The fraction of sp³-hybridized carbons (Fsp3) is 0.361. The van der Waals surface area contributed by atoms with Crippen molar-refractivity contribution in [2.24, 2.45) is 0 Å². The van der Waals surface area contributed by atoms with Gasteiger partial charge in [0, 0.05) is 55.5 Å². The molecule has 0 radical (unpaired) electrons. The largest absolute Gasteiger partial charge is 0.491 e. The fourth-order valence-electron chi connectivity index (χ4n) is 6.23. The van der Waals surface area contributed by atoms with E-state index in [-0.39, 0.29) is 17.8 Å². The van der Waals surface area contributed by atoms with Crippen LogP contribution in [0.4, 0.5) is 11.4 Å². The highest BCUT2D eigenvalue weighted by Crippen LogP contribution is 2.36. The second kappa shape index (κ2) is 13.5. The van der Waals surface area contributed by atoms with E-state index in [0.29, 0.717) is 19.8 Å². The maximum Gasteiger partial charge on any atom is 0.350 e. The van der Waals surface area contributed by atoms with E-state index in [0.717, 1.165) is 55.3 Å². The quantitative estimate of drug-likeness (QED) is 0.203. The van der Waals surface area contributed by atoms with E-state index in [4.69, 9.17) is 14.2 Å². The normalized spacial score (nSPS) is 20.4. The van der Waals surface area contributed by atoms with Crippen LogP contribution in [0.5, 0.6) is 5.75 Å². The molecule has 11 heteroatoms. The van der Waals surface area contributed by atoms with Crippen molar-refractivity contribution >= 4 is 11.4 Å². The van der Waals surface area contributed by atoms with Crippen molar-refractivity contribution in [3.63, 3.8) is 0 Å². The van der Waals surface area contributed by atoms with Crippen molar-refractivity contribution in [1.29, 1.82) is 0 Å². The molecule has 3 aromatic carbocycles. The van der Waals surface area contributed by atoms with Crippen molar-refractivity contribution in [2.45, 2.75) is 44.7 Å². The Kier molecular flexibility index (Phi) is 8.82. The molecule has 5 aromatic rings. The number of ether oxygens (including phenoxy) is 3. The second-order valence-corrected chi connectivity index (χ2v) is 12.2. The number of piperazine rings is 1. The van der Waals surface area contributed by atoms with Crippen LogP contribution in [0, 0.1) is 0 Å². The summed E-state index contributed by atoms with van der Waals surface area (Å²) in [6, 6.07) is 28.4. The van der Waals surface area contributed by atoms with Gasteiger partial charge in [-0.05, 0) is 67.9 Å². The molecule has 0 bridgehead atoms. The van der Waals surface area contributed by atoms with Crippen LogP contribution in [-0.2, 0) is 21.8 Å². The summed E-state index contributed by atoms with van der Waals surface area (Å²) >= 11 is 0. The zero-order valence-corrected chi connectivity index (χ0v) is 26.9. The van der Waals surface area contributed by atoms with Gasteiger partial charge in [-0.15, -0.1) is 0 Å². The van der Waals surface area contributed by atoms with Crippen molar-refractivity contribution in [3.05, 3.63) is 120 Å². The highest BCUT2D eigenvalue weighted by Gasteiger charge is 2.44. The van der Waals surface area contributed by atoms with E-state index in [1.165, 1.54) is 5.69 Å². The lowest BCUT2D eigenvalue weighted by atomic mass is 10.1. The first-order valence-electron chi connectivity index (χ1n) is 16.4. The third kappa shape index (κ3) is 6.54. The van der Waals surface area contributed by atoms with Crippen LogP contribution in [-0.4, -0.2) is 69.6 Å². The molecule has 47 heavy (non-hydrogen) atoms. The Labute approximate surface area is 274 Å². The van der Waals surface area contributed by atoms with Gasteiger partial charge in [-0.1, -0.05) is 37.3 Å². The predicted octanol–water partition coefficient (Wildman–Crippen LogP) is 4.88. The fourth-order valence-corrected chi connectivity index (χ4v) is 6.23. The number of nitrogens with zero attached hydrogens (tertiary/aromatic N) is 7. The molecule has 4 heterocycles. The Bertz CT molecular complexity index is 1780. The minimum absolute atomic E-state index is 0.0738. The zero-order chi connectivity index (χ0) is 32.2. The van der Waals surface area contributed by atoms with Gasteiger partial charge in [-0.2, -0.15) is 10.2 Å². The molecule has 11 nitrogen and oxygen atoms in total. The molecule has 0 aliphatic carbocycles. The minimum atomic E-state index is -0.911. The molecule has 0 N–H and O–H groups in total. The summed E-state index contributed by atoms with van der Waals surface area (Å²) in [5, 5.41) is 8.67. The highest BCUT2D eigenvalue weighted by atomic mass is 16.8. The first kappa shape index (κ1) is 30.8. The van der Waals surface area contributed by atoms with Gasteiger partial charge in [0.25, 0.3) is 0 Å². The lowest BCUT2D eigenvalue weighted by Crippen LogP contribution is -2.46. The molecule has 2 saturated heterocycles. The van der Waals surface area contributed by atoms with E-state index >= 15 is 0 Å². The average molecular weight is 636 g/mol. The van der Waals surface area contributed by atoms with E-state index in [9.17, 15) is 4.79 Å². The summed E-state index contributed by atoms with van der Waals surface area (Å²) in [6.45, 7) is 8.98.